The number of nitrogens with zero attached hydrogens (tertiary/aromatic N) is 12. The van der Waals surface area contributed by atoms with E-state index >= 15 is 0 Å². The van der Waals surface area contributed by atoms with Crippen molar-refractivity contribution in [3.8, 4) is 0 Å². The van der Waals surface area contributed by atoms with Crippen LogP contribution >= 0.6 is 0 Å². The molecule has 2 aromatic rings. The molecule has 0 atom stereocenters. The summed E-state index contributed by atoms with van der Waals surface area (Å²) in [6.45, 7) is 0. The lowest BCUT2D eigenvalue weighted by molar-refractivity contribution is -0.848. The first kappa shape index (κ1) is 25.8. The Morgan fingerprint density at radius 3 is 1.07 bits per heavy atom. The summed E-state index contributed by atoms with van der Waals surface area (Å²) in [5, 5.41) is 61.6. The highest BCUT2D eigenvalue weighted by Crippen LogP contribution is 2.23. The zero-order valence-electron chi connectivity index (χ0n) is 13.4. The van der Waals surface area contributed by atoms with Gasteiger partial charge in [-0.05, 0) is 0 Å². The molecule has 0 aliphatic carbocycles. The fourth-order valence-corrected chi connectivity index (χ4v) is 1.00. The smallest absolute Gasteiger partial charge is 0.369 e. The monoisotopic (exact) mass is 418 g/mol. The first-order chi connectivity index (χ1) is 12.0. The highest BCUT2D eigenvalue weighted by Gasteiger charge is 2.61. The molecule has 24 heteroatoms. The fourth-order valence-electron chi connectivity index (χ4n) is 1.00. The molecule has 0 spiro atoms. The summed E-state index contributed by atoms with van der Waals surface area (Å²) >= 11 is 0. The second-order valence-electron chi connectivity index (χ2n) is 3.61. The Balaban J connectivity index is 0. The fraction of sp³-hybridized carbons (Fsp3) is 0.500. The minimum atomic E-state index is -4.08. The van der Waals surface area contributed by atoms with E-state index in [9.17, 15) is 49.2 Å². The van der Waals surface area contributed by atoms with Gasteiger partial charge < -0.3 is 22.5 Å². The van der Waals surface area contributed by atoms with E-state index in [1.54, 1.807) is 0 Å². The molecule has 2 heterocycles. The summed E-state index contributed by atoms with van der Waals surface area (Å²) in [5.74, 6) is -10.8. The van der Waals surface area contributed by atoms with Crippen molar-refractivity contribution in [3.05, 3.63) is 52.1 Å². The Labute approximate surface area is 147 Å². The largest absolute Gasteiger partial charge is 0.649 e. The number of tetrazole rings is 2. The van der Waals surface area contributed by atoms with Crippen LogP contribution in [0.15, 0.2) is 0 Å². The number of quaternary nitrogens is 2. The second kappa shape index (κ2) is 9.28. The highest BCUT2D eigenvalue weighted by molar-refractivity contribution is 4.82. The lowest BCUT2D eigenvalue weighted by Gasteiger charge is -2.05. The van der Waals surface area contributed by atoms with Gasteiger partial charge in [-0.25, -0.2) is 0 Å². The van der Waals surface area contributed by atoms with Crippen molar-refractivity contribution in [1.82, 2.24) is 53.5 Å². The van der Waals surface area contributed by atoms with E-state index in [-0.39, 0.29) is 12.3 Å². The third kappa shape index (κ3) is 4.37. The molecule has 0 fully saturated rings. The number of hydrogen-bond donors (Lipinski definition) is 2. The molecule has 0 aliphatic heterocycles. The van der Waals surface area contributed by atoms with Crippen molar-refractivity contribution in [2.45, 2.75) is 11.8 Å². The summed E-state index contributed by atoms with van der Waals surface area (Å²) in [5.41, 5.74) is 0. The van der Waals surface area contributed by atoms with Gasteiger partial charge in [-0.15, -0.1) is 0 Å². The summed E-state index contributed by atoms with van der Waals surface area (Å²) < 4.78 is 26.0. The van der Waals surface area contributed by atoms with Crippen LogP contribution in [0.4, 0.5) is 8.78 Å². The van der Waals surface area contributed by atoms with Crippen molar-refractivity contribution in [3.63, 3.8) is 0 Å². The van der Waals surface area contributed by atoms with E-state index in [0.717, 1.165) is 0 Å². The van der Waals surface area contributed by atoms with Gasteiger partial charge in [0.25, 0.3) is 0 Å². The van der Waals surface area contributed by atoms with Crippen LogP contribution in [0.5, 0.6) is 0 Å². The SMILES string of the molecule is O=[N+]([O-])C(F)(c1nnn[n-]1)[N+](=O)[O-].O=[N+]([O-])C(F)(c1nnn[n-]1)[N+](=O)[O-].[NH4+].[NH4+]. The summed E-state index contributed by atoms with van der Waals surface area (Å²) in [7, 11) is 0. The van der Waals surface area contributed by atoms with E-state index in [0.29, 0.717) is 0 Å². The van der Waals surface area contributed by atoms with Crippen molar-refractivity contribution in [2.75, 3.05) is 0 Å². The van der Waals surface area contributed by atoms with Crippen LogP contribution < -0.4 is 22.5 Å². The molecule has 0 saturated carbocycles. The molecule has 0 bridgehead atoms. The van der Waals surface area contributed by atoms with Gasteiger partial charge in [0, 0.05) is 0 Å². The van der Waals surface area contributed by atoms with Gasteiger partial charge in [0.1, 0.15) is 19.7 Å². The molecular formula is C4H8F2N14O8. The van der Waals surface area contributed by atoms with Gasteiger partial charge in [0.15, 0.2) is 0 Å². The predicted molar refractivity (Wildman–Crippen MR) is 71.8 cm³/mol. The summed E-state index contributed by atoms with van der Waals surface area (Å²) in [6, 6.07) is 0. The molecule has 0 amide bonds. The third-order valence-electron chi connectivity index (χ3n) is 2.17. The van der Waals surface area contributed by atoms with Crippen LogP contribution in [-0.4, -0.2) is 50.7 Å². The molecule has 8 N–H and O–H groups in total. The molecule has 22 nitrogen and oxygen atoms in total. The Bertz CT molecular complexity index is 711. The molecule has 2 rings (SSSR count). The normalized spacial score (nSPS) is 10.4. The maximum Gasteiger partial charge on any atom is 0.649 e. The van der Waals surface area contributed by atoms with Gasteiger partial charge in [0.05, 0.1) is 0 Å². The van der Waals surface area contributed by atoms with E-state index in [1.165, 1.54) is 0 Å². The molecule has 0 radical (unpaired) electrons. The van der Waals surface area contributed by atoms with Crippen molar-refractivity contribution in [2.24, 2.45) is 0 Å². The van der Waals surface area contributed by atoms with E-state index in [4.69, 9.17) is 0 Å². The number of hydrogen-bond acceptors (Lipinski definition) is 14. The number of rotatable bonds is 6. The Hall–Kier alpha value is -4.48. The second-order valence-corrected chi connectivity index (χ2v) is 3.61. The molecule has 0 aliphatic rings. The minimum Gasteiger partial charge on any atom is -0.369 e. The van der Waals surface area contributed by atoms with Crippen LogP contribution in [0.2, 0.25) is 0 Å². The quantitative estimate of drug-likeness (QED) is 0.215. The maximum absolute atomic E-state index is 13.0. The predicted octanol–water partition coefficient (Wildman–Crippen LogP) is -2.32. The summed E-state index contributed by atoms with van der Waals surface area (Å²) in [4.78, 5) is 33.0. The van der Waals surface area contributed by atoms with Crippen molar-refractivity contribution in [1.29, 1.82) is 0 Å². The first-order valence-corrected chi connectivity index (χ1v) is 5.33. The highest BCUT2D eigenvalue weighted by atomic mass is 19.2. The lowest BCUT2D eigenvalue weighted by Crippen LogP contribution is -2.40. The van der Waals surface area contributed by atoms with Crippen LogP contribution in [-0.2, 0) is 11.8 Å². The Morgan fingerprint density at radius 1 is 0.679 bits per heavy atom. The van der Waals surface area contributed by atoms with Crippen LogP contribution in [0.3, 0.4) is 0 Å². The van der Waals surface area contributed by atoms with Crippen LogP contribution in [0.1, 0.15) is 11.6 Å². The molecule has 0 aromatic carbocycles. The van der Waals surface area contributed by atoms with Crippen LogP contribution in [0, 0.1) is 40.5 Å². The lowest BCUT2D eigenvalue weighted by atomic mass is 10.4. The standard InChI is InChI=1S/2C2FN6O4.2H3N/c2*3-2(8(10)11,9(12)13)1-4-6-7-5-1;;/h;;2*1H3/q2*-1;;/p+2. The number of nitro groups is 4. The minimum absolute atomic E-state index is 0. The molecule has 0 saturated heterocycles. The van der Waals surface area contributed by atoms with Gasteiger partial charge in [-0.2, -0.15) is 10.4 Å². The molecule has 28 heavy (non-hydrogen) atoms. The molecule has 0 unspecified atom stereocenters. The number of aromatic nitrogens is 8. The summed E-state index contributed by atoms with van der Waals surface area (Å²) in [6.07, 6.45) is 0. The third-order valence-corrected chi connectivity index (χ3v) is 2.17. The van der Waals surface area contributed by atoms with Gasteiger partial charge in [0.2, 0.25) is 11.6 Å². The van der Waals surface area contributed by atoms with E-state index < -0.39 is 43.2 Å². The number of halogens is 2. The Morgan fingerprint density at radius 2 is 0.929 bits per heavy atom. The van der Waals surface area contributed by atoms with E-state index in [1.807, 2.05) is 0 Å². The van der Waals surface area contributed by atoms with E-state index in [2.05, 4.69) is 41.2 Å². The molecule has 2 aromatic heterocycles. The van der Waals surface area contributed by atoms with Gasteiger partial charge >= 0.3 is 11.8 Å². The maximum atomic E-state index is 13.0. The zero-order valence-corrected chi connectivity index (χ0v) is 13.4. The van der Waals surface area contributed by atoms with Gasteiger partial charge in [-0.1, -0.05) is 8.78 Å². The average Bonchev–Trinajstić information content (AvgIpc) is 3.26. The van der Waals surface area contributed by atoms with Crippen LogP contribution in [0.25, 0.3) is 0 Å². The topological polar surface area (TPSA) is 351 Å². The molecular weight excluding hydrogens is 410 g/mol. The zero-order chi connectivity index (χ0) is 20.1. The van der Waals surface area contributed by atoms with Gasteiger partial charge in [-0.3, -0.25) is 61.1 Å². The van der Waals surface area contributed by atoms with Crippen molar-refractivity contribution < 1.29 is 28.5 Å². The molecule has 156 valence electrons. The van der Waals surface area contributed by atoms with Crippen molar-refractivity contribution >= 4 is 0 Å². The number of alkyl halides is 2. The Kier molecular flexibility index (Phi) is 8.54. The first-order valence-electron chi connectivity index (χ1n) is 5.33. The average molecular weight is 418 g/mol.